The monoisotopic (exact) mass is 275 g/mol. The summed E-state index contributed by atoms with van der Waals surface area (Å²) in [5.41, 5.74) is 2.75. The average Bonchev–Trinajstić information content (AvgIpc) is 2.51. The number of hydrogen-bond donors (Lipinski definition) is 2. The highest BCUT2D eigenvalue weighted by Crippen LogP contribution is 2.17. The fourth-order valence-electron chi connectivity index (χ4n) is 1.04. The molecule has 2 N–H and O–H groups in total. The van der Waals surface area contributed by atoms with Crippen LogP contribution >= 0.6 is 21.5 Å². The van der Waals surface area contributed by atoms with Crippen LogP contribution in [0.5, 0.6) is 0 Å². The van der Waals surface area contributed by atoms with Crippen LogP contribution in [0.3, 0.4) is 0 Å². The number of hydrogen-bond acceptors (Lipinski definition) is 2. The second-order valence-corrected chi connectivity index (χ2v) is 3.29. The van der Waals surface area contributed by atoms with Gasteiger partial charge in [-0.15, -0.1) is 0 Å². The summed E-state index contributed by atoms with van der Waals surface area (Å²) in [6.07, 6.45) is 1.64. The molecule has 0 radical (unpaired) electrons. The van der Waals surface area contributed by atoms with E-state index < -0.39 is 21.5 Å². The quantitative estimate of drug-likeness (QED) is 0.652. The summed E-state index contributed by atoms with van der Waals surface area (Å²) < 4.78 is 13.1. The second kappa shape index (κ2) is 3.18. The second-order valence-electron chi connectivity index (χ2n) is 2.31. The van der Waals surface area contributed by atoms with Crippen molar-refractivity contribution in [2.45, 2.75) is 0 Å². The molecule has 0 aliphatic carbocycles. The van der Waals surface area contributed by atoms with Crippen LogP contribution in [-0.2, 0) is 3.07 Å². The summed E-state index contributed by atoms with van der Waals surface area (Å²) in [5, 5.41) is 0. The van der Waals surface area contributed by atoms with Gasteiger partial charge in [0.15, 0.2) is 0 Å². The lowest BCUT2D eigenvalue weighted by Crippen LogP contribution is -1.79. The average molecular weight is 275 g/mol. The molecule has 1 heterocycles. The van der Waals surface area contributed by atoms with E-state index in [0.717, 1.165) is 16.7 Å². The summed E-state index contributed by atoms with van der Waals surface area (Å²) >= 11 is -1.15. The number of nitrogens with zero attached hydrogens (tertiary/aromatic N) is 1. The first-order valence-corrected chi connectivity index (χ1v) is 5.31. The van der Waals surface area contributed by atoms with E-state index in [0.29, 0.717) is 0 Å². The Bertz CT molecular complexity index is 412. The van der Waals surface area contributed by atoms with E-state index >= 15 is 0 Å². The zero-order valence-corrected chi connectivity index (χ0v) is 8.20. The molecule has 5 heteroatoms. The van der Waals surface area contributed by atoms with Gasteiger partial charge >= 0.3 is 0 Å². The van der Waals surface area contributed by atoms with Crippen LogP contribution in [0.25, 0.3) is 11.0 Å². The number of imidazole rings is 1. The molecule has 0 saturated carbocycles. The minimum Gasteiger partial charge on any atom is -0.345 e. The number of aromatic amines is 1. The first-order valence-electron chi connectivity index (χ1n) is 3.35. The predicted molar refractivity (Wildman–Crippen MR) is 54.4 cm³/mol. The van der Waals surface area contributed by atoms with Gasteiger partial charge in [-0.3, -0.25) is 0 Å². The molecule has 0 amide bonds. The highest BCUT2D eigenvalue weighted by molar-refractivity contribution is 14.1. The van der Waals surface area contributed by atoms with Crippen LogP contribution in [0.15, 0.2) is 24.5 Å². The smallest absolute Gasteiger partial charge is 0.270 e. The molecule has 0 fully saturated rings. The fourth-order valence-corrected chi connectivity index (χ4v) is 1.63. The molecule has 1 aromatic carbocycles. The number of H-pyrrole nitrogens is 1. The minimum absolute atomic E-state index is 0.870. The standard InChI is InChI=1S/C7H6IN3O/c12-8-11-5-1-2-6-7(3-5)10-4-9-6/h1-4H,(H,9,10)(H,11,12). The van der Waals surface area contributed by atoms with Crippen LogP contribution < -0.4 is 3.53 Å². The van der Waals surface area contributed by atoms with Gasteiger partial charge in [-0.2, -0.15) is 0 Å². The number of rotatable bonds is 2. The third-order valence-corrected chi connectivity index (χ3v) is 2.41. The van der Waals surface area contributed by atoms with E-state index in [2.05, 4.69) is 13.5 Å². The van der Waals surface area contributed by atoms with E-state index in [4.69, 9.17) is 0 Å². The minimum atomic E-state index is -1.15. The van der Waals surface area contributed by atoms with Crippen molar-refractivity contribution in [2.75, 3.05) is 3.53 Å². The van der Waals surface area contributed by atoms with Crippen molar-refractivity contribution in [3.63, 3.8) is 0 Å². The lowest BCUT2D eigenvalue weighted by Gasteiger charge is -1.95. The van der Waals surface area contributed by atoms with E-state index in [1.54, 1.807) is 6.33 Å². The number of aromatic nitrogens is 2. The van der Waals surface area contributed by atoms with E-state index in [9.17, 15) is 3.07 Å². The Morgan fingerprint density at radius 2 is 2.42 bits per heavy atom. The number of fused-ring (bicyclic) bond motifs is 1. The van der Waals surface area contributed by atoms with Crippen molar-refractivity contribution in [1.82, 2.24) is 9.97 Å². The molecule has 12 heavy (non-hydrogen) atoms. The molecule has 0 atom stereocenters. The molecule has 0 spiro atoms. The molecule has 0 aliphatic heterocycles. The molecule has 2 rings (SSSR count). The van der Waals surface area contributed by atoms with Crippen LogP contribution in [0.2, 0.25) is 0 Å². The van der Waals surface area contributed by atoms with Crippen molar-refractivity contribution in [2.24, 2.45) is 0 Å². The fraction of sp³-hybridized carbons (Fsp3) is 0. The van der Waals surface area contributed by atoms with E-state index in [-0.39, 0.29) is 0 Å². The molecule has 1 aromatic heterocycles. The molecule has 0 bridgehead atoms. The molecule has 0 aliphatic rings. The van der Waals surface area contributed by atoms with Crippen molar-refractivity contribution >= 4 is 38.2 Å². The topological polar surface area (TPSA) is 57.8 Å². The van der Waals surface area contributed by atoms with Crippen LogP contribution in [-0.4, -0.2) is 9.97 Å². The Balaban J connectivity index is 2.52. The normalized spacial score (nSPS) is 10.3. The van der Waals surface area contributed by atoms with Crippen molar-refractivity contribution in [1.29, 1.82) is 0 Å². The lowest BCUT2D eigenvalue weighted by molar-refractivity contribution is 0.648. The SMILES string of the molecule is O=INc1ccc2nc[nH]c2c1. The molecular weight excluding hydrogens is 269 g/mol. The summed E-state index contributed by atoms with van der Waals surface area (Å²) in [6.45, 7) is 0. The van der Waals surface area contributed by atoms with Gasteiger partial charge in [-0.1, -0.05) is 0 Å². The maximum absolute atomic E-state index is 10.3. The van der Waals surface area contributed by atoms with Crippen molar-refractivity contribution < 1.29 is 3.07 Å². The van der Waals surface area contributed by atoms with Crippen LogP contribution in [0, 0.1) is 0 Å². The molecular formula is C7H6IN3O. The van der Waals surface area contributed by atoms with Gasteiger partial charge in [0.25, 0.3) is 21.5 Å². The number of anilines is 1. The molecule has 2 aromatic rings. The first-order chi connectivity index (χ1) is 5.90. The molecule has 0 unspecified atom stereocenters. The van der Waals surface area contributed by atoms with Gasteiger partial charge < -0.3 is 8.51 Å². The maximum atomic E-state index is 10.3. The largest absolute Gasteiger partial charge is 0.345 e. The third kappa shape index (κ3) is 1.31. The van der Waals surface area contributed by atoms with Crippen LogP contribution in [0.1, 0.15) is 0 Å². The van der Waals surface area contributed by atoms with Gasteiger partial charge in [0.1, 0.15) is 0 Å². The Kier molecular flexibility index (Phi) is 2.03. The highest BCUT2D eigenvalue weighted by atomic mass is 127. The molecule has 0 saturated heterocycles. The Hall–Kier alpha value is -0.980. The Labute approximate surface area is 79.4 Å². The van der Waals surface area contributed by atoms with E-state index in [1.165, 1.54) is 0 Å². The van der Waals surface area contributed by atoms with Crippen molar-refractivity contribution in [3.05, 3.63) is 24.5 Å². The number of nitrogens with one attached hydrogen (secondary N) is 2. The summed E-state index contributed by atoms with van der Waals surface area (Å²) in [5.74, 6) is 0. The van der Waals surface area contributed by atoms with Crippen LogP contribution in [0.4, 0.5) is 5.69 Å². The number of halogens is 1. The van der Waals surface area contributed by atoms with Gasteiger partial charge in [0.05, 0.1) is 17.4 Å². The number of benzene rings is 1. The summed E-state index contributed by atoms with van der Waals surface area (Å²) in [7, 11) is 0. The lowest BCUT2D eigenvalue weighted by atomic mass is 10.3. The summed E-state index contributed by atoms with van der Waals surface area (Å²) in [6, 6.07) is 5.63. The van der Waals surface area contributed by atoms with Gasteiger partial charge in [0, 0.05) is 5.69 Å². The Morgan fingerprint density at radius 3 is 3.25 bits per heavy atom. The Morgan fingerprint density at radius 1 is 1.50 bits per heavy atom. The first kappa shape index (κ1) is 7.66. The van der Waals surface area contributed by atoms with Gasteiger partial charge in [-0.25, -0.2) is 8.05 Å². The zero-order valence-electron chi connectivity index (χ0n) is 6.04. The highest BCUT2D eigenvalue weighted by Gasteiger charge is 1.96. The molecule has 62 valence electrons. The third-order valence-electron chi connectivity index (χ3n) is 1.57. The van der Waals surface area contributed by atoms with Gasteiger partial charge in [0.2, 0.25) is 0 Å². The van der Waals surface area contributed by atoms with Crippen molar-refractivity contribution in [3.8, 4) is 0 Å². The predicted octanol–water partition coefficient (Wildman–Crippen LogP) is 2.21. The van der Waals surface area contributed by atoms with E-state index in [1.807, 2.05) is 18.2 Å². The zero-order chi connectivity index (χ0) is 8.39. The molecule has 4 nitrogen and oxygen atoms in total. The maximum Gasteiger partial charge on any atom is 0.270 e. The summed E-state index contributed by atoms with van der Waals surface area (Å²) in [4.78, 5) is 7.04. The van der Waals surface area contributed by atoms with Gasteiger partial charge in [-0.05, 0) is 18.2 Å².